The number of ether oxygens (including phenoxy) is 3. The Morgan fingerprint density at radius 1 is 1.26 bits per heavy atom. The number of aliphatic hydroxyl groups is 1. The third kappa shape index (κ3) is 4.26. The van der Waals surface area contributed by atoms with Crippen molar-refractivity contribution in [3.63, 3.8) is 0 Å². The second-order valence-corrected chi connectivity index (χ2v) is 6.02. The van der Waals surface area contributed by atoms with Gasteiger partial charge in [-0.3, -0.25) is 0 Å². The molecule has 1 aromatic rings. The van der Waals surface area contributed by atoms with E-state index in [0.29, 0.717) is 11.5 Å². The number of fused-ring (bicyclic) bond motifs is 1. The lowest BCUT2D eigenvalue weighted by Crippen LogP contribution is -2.46. The van der Waals surface area contributed by atoms with E-state index in [9.17, 15) is 19.8 Å². The number of carboxylic acids is 1. The van der Waals surface area contributed by atoms with Crippen LogP contribution in [0.2, 0.25) is 0 Å². The van der Waals surface area contributed by atoms with Crippen LogP contribution in [0.25, 0.3) is 0 Å². The van der Waals surface area contributed by atoms with E-state index < -0.39 is 29.8 Å². The molecular weight excluding hydrogens is 306 g/mol. The molecule has 0 fully saturated rings. The van der Waals surface area contributed by atoms with Gasteiger partial charge in [0.15, 0.2) is 17.5 Å². The van der Waals surface area contributed by atoms with Gasteiger partial charge in [0.1, 0.15) is 11.7 Å². The SMILES string of the molecule is CC(C)(C)OC(=O)N[C@H](C(=O)O)[C@H](O)c1ccc2c(c1)OCO2. The minimum atomic E-state index is -1.56. The van der Waals surface area contributed by atoms with Gasteiger partial charge in [-0.25, -0.2) is 9.59 Å². The normalized spacial score (nSPS) is 15.7. The second kappa shape index (κ2) is 6.33. The summed E-state index contributed by atoms with van der Waals surface area (Å²) in [4.78, 5) is 23.1. The highest BCUT2D eigenvalue weighted by Gasteiger charge is 2.32. The minimum absolute atomic E-state index is 0.0629. The summed E-state index contributed by atoms with van der Waals surface area (Å²) in [6.45, 7) is 5.01. The van der Waals surface area contributed by atoms with E-state index in [-0.39, 0.29) is 12.4 Å². The zero-order valence-corrected chi connectivity index (χ0v) is 13.0. The summed E-state index contributed by atoms with van der Waals surface area (Å²) in [7, 11) is 0. The molecule has 0 unspecified atom stereocenters. The Labute approximate surface area is 133 Å². The van der Waals surface area contributed by atoms with Gasteiger partial charge in [0, 0.05) is 0 Å². The average molecular weight is 325 g/mol. The van der Waals surface area contributed by atoms with Gasteiger partial charge < -0.3 is 29.7 Å². The van der Waals surface area contributed by atoms with Crippen LogP contribution in [-0.2, 0) is 9.53 Å². The molecule has 0 aromatic heterocycles. The van der Waals surface area contributed by atoms with Crippen molar-refractivity contribution in [3.8, 4) is 11.5 Å². The van der Waals surface area contributed by atoms with Gasteiger partial charge >= 0.3 is 12.1 Å². The van der Waals surface area contributed by atoms with Crippen LogP contribution in [0.15, 0.2) is 18.2 Å². The summed E-state index contributed by atoms with van der Waals surface area (Å²) >= 11 is 0. The number of carboxylic acid groups (broad SMARTS) is 1. The number of carbonyl (C=O) groups excluding carboxylic acids is 1. The highest BCUT2D eigenvalue weighted by Crippen LogP contribution is 2.34. The quantitative estimate of drug-likeness (QED) is 0.767. The number of hydrogen-bond donors (Lipinski definition) is 3. The number of aliphatic carboxylic acids is 1. The van der Waals surface area contributed by atoms with Gasteiger partial charge in [-0.15, -0.1) is 0 Å². The molecule has 2 atom stereocenters. The van der Waals surface area contributed by atoms with E-state index in [1.54, 1.807) is 26.8 Å². The van der Waals surface area contributed by atoms with Crippen molar-refractivity contribution in [3.05, 3.63) is 23.8 Å². The summed E-state index contributed by atoms with van der Waals surface area (Å²) in [6, 6.07) is 2.97. The molecule has 8 heteroatoms. The molecule has 0 spiro atoms. The van der Waals surface area contributed by atoms with Crippen LogP contribution in [-0.4, -0.2) is 40.7 Å². The Hall–Kier alpha value is -2.48. The summed E-state index contributed by atoms with van der Waals surface area (Å²) < 4.78 is 15.3. The Morgan fingerprint density at radius 3 is 2.52 bits per heavy atom. The maximum Gasteiger partial charge on any atom is 0.408 e. The molecule has 0 radical (unpaired) electrons. The van der Waals surface area contributed by atoms with Gasteiger partial charge in [-0.05, 0) is 38.5 Å². The van der Waals surface area contributed by atoms with Crippen LogP contribution < -0.4 is 14.8 Å². The molecule has 0 aliphatic carbocycles. The van der Waals surface area contributed by atoms with Crippen molar-refractivity contribution in [2.45, 2.75) is 38.5 Å². The molecule has 1 heterocycles. The zero-order chi connectivity index (χ0) is 17.2. The number of rotatable bonds is 4. The number of carbonyl (C=O) groups is 2. The molecule has 3 N–H and O–H groups in total. The molecular formula is C15H19NO7. The van der Waals surface area contributed by atoms with Crippen LogP contribution in [0, 0.1) is 0 Å². The fourth-order valence-electron chi connectivity index (χ4n) is 2.00. The van der Waals surface area contributed by atoms with Crippen molar-refractivity contribution < 1.29 is 34.0 Å². The number of aliphatic hydroxyl groups excluding tert-OH is 1. The van der Waals surface area contributed by atoms with Crippen LogP contribution >= 0.6 is 0 Å². The van der Waals surface area contributed by atoms with E-state index in [2.05, 4.69) is 5.32 Å². The van der Waals surface area contributed by atoms with Gasteiger partial charge in [-0.1, -0.05) is 6.07 Å². The second-order valence-electron chi connectivity index (χ2n) is 6.02. The summed E-state index contributed by atoms with van der Waals surface area (Å²) in [5.74, 6) is -0.475. The van der Waals surface area contributed by atoms with E-state index in [0.717, 1.165) is 0 Å². The molecule has 126 valence electrons. The first-order valence-corrected chi connectivity index (χ1v) is 6.97. The van der Waals surface area contributed by atoms with Gasteiger partial charge in [0.05, 0.1) is 0 Å². The molecule has 2 rings (SSSR count). The fourth-order valence-corrected chi connectivity index (χ4v) is 2.00. The van der Waals surface area contributed by atoms with Crippen molar-refractivity contribution >= 4 is 12.1 Å². The first-order valence-electron chi connectivity index (χ1n) is 6.97. The number of hydrogen-bond acceptors (Lipinski definition) is 6. The summed E-state index contributed by atoms with van der Waals surface area (Å²) in [5, 5.41) is 21.7. The highest BCUT2D eigenvalue weighted by atomic mass is 16.7. The Kier molecular flexibility index (Phi) is 4.65. The molecule has 23 heavy (non-hydrogen) atoms. The molecule has 1 aliphatic heterocycles. The Balaban J connectivity index is 2.14. The van der Waals surface area contributed by atoms with Crippen molar-refractivity contribution in [1.82, 2.24) is 5.32 Å². The number of amides is 1. The number of nitrogens with one attached hydrogen (secondary N) is 1. The average Bonchev–Trinajstić information content (AvgIpc) is 2.89. The standard InChI is InChI=1S/C15H19NO7/c1-15(2,3)23-14(20)16-11(13(18)19)12(17)8-4-5-9-10(6-8)22-7-21-9/h4-6,11-12,17H,7H2,1-3H3,(H,16,20)(H,18,19)/t11-,12+/m0/s1. The van der Waals surface area contributed by atoms with Crippen molar-refractivity contribution in [2.75, 3.05) is 6.79 Å². The molecule has 0 saturated heterocycles. The Morgan fingerprint density at radius 2 is 1.91 bits per heavy atom. The predicted octanol–water partition coefficient (Wildman–Crippen LogP) is 1.43. The van der Waals surface area contributed by atoms with Gasteiger partial charge in [0.25, 0.3) is 0 Å². The van der Waals surface area contributed by atoms with Crippen molar-refractivity contribution in [1.29, 1.82) is 0 Å². The monoisotopic (exact) mass is 325 g/mol. The topological polar surface area (TPSA) is 114 Å². The third-order valence-corrected chi connectivity index (χ3v) is 2.99. The maximum atomic E-state index is 11.7. The molecule has 1 aliphatic rings. The molecule has 1 aromatic carbocycles. The lowest BCUT2D eigenvalue weighted by molar-refractivity contribution is -0.142. The van der Waals surface area contributed by atoms with Crippen LogP contribution in [0.1, 0.15) is 32.4 Å². The lowest BCUT2D eigenvalue weighted by Gasteiger charge is -2.24. The van der Waals surface area contributed by atoms with E-state index >= 15 is 0 Å². The first kappa shape index (κ1) is 16.9. The van der Waals surface area contributed by atoms with E-state index in [1.807, 2.05) is 0 Å². The fraction of sp³-hybridized carbons (Fsp3) is 0.467. The maximum absolute atomic E-state index is 11.7. The lowest BCUT2D eigenvalue weighted by atomic mass is 10.0. The summed E-state index contributed by atoms with van der Waals surface area (Å²) in [5.41, 5.74) is -0.505. The van der Waals surface area contributed by atoms with Crippen LogP contribution in [0.3, 0.4) is 0 Å². The van der Waals surface area contributed by atoms with Crippen molar-refractivity contribution in [2.24, 2.45) is 0 Å². The molecule has 1 amide bonds. The predicted molar refractivity (Wildman–Crippen MR) is 78.3 cm³/mol. The largest absolute Gasteiger partial charge is 0.480 e. The molecule has 8 nitrogen and oxygen atoms in total. The van der Waals surface area contributed by atoms with Crippen LogP contribution in [0.5, 0.6) is 11.5 Å². The van der Waals surface area contributed by atoms with E-state index in [4.69, 9.17) is 14.2 Å². The van der Waals surface area contributed by atoms with Gasteiger partial charge in [0.2, 0.25) is 6.79 Å². The smallest absolute Gasteiger partial charge is 0.408 e. The number of benzene rings is 1. The minimum Gasteiger partial charge on any atom is -0.480 e. The van der Waals surface area contributed by atoms with Gasteiger partial charge in [-0.2, -0.15) is 0 Å². The highest BCUT2D eigenvalue weighted by molar-refractivity contribution is 5.81. The zero-order valence-electron chi connectivity index (χ0n) is 13.0. The number of alkyl carbamates (subject to hydrolysis) is 1. The van der Waals surface area contributed by atoms with E-state index in [1.165, 1.54) is 12.1 Å². The Bertz CT molecular complexity index is 608. The molecule has 0 saturated carbocycles. The molecule has 0 bridgehead atoms. The first-order chi connectivity index (χ1) is 10.7. The third-order valence-electron chi connectivity index (χ3n) is 2.99. The van der Waals surface area contributed by atoms with Crippen LogP contribution in [0.4, 0.5) is 4.79 Å². The summed E-state index contributed by atoms with van der Waals surface area (Å²) in [6.07, 6.45) is -2.40.